The number of benzene rings is 2. The molecule has 0 amide bonds. The van der Waals surface area contributed by atoms with Gasteiger partial charge in [-0.3, -0.25) is 0 Å². The van der Waals surface area contributed by atoms with Gasteiger partial charge in [0.25, 0.3) is 0 Å². The molecule has 0 nitrogen and oxygen atoms in total. The van der Waals surface area contributed by atoms with E-state index in [0.29, 0.717) is 5.92 Å². The SMILES string of the molecule is Cc1ccc(-c2cccc3c2C=C(C(C)C)[CH]3)cc1.[Cl][Zr][Cl]. The molecule has 0 aromatic heterocycles. The Morgan fingerprint density at radius 3 is 2.18 bits per heavy atom. The van der Waals surface area contributed by atoms with Gasteiger partial charge in [-0.15, -0.1) is 0 Å². The monoisotopic (exact) mass is 407 g/mol. The molecular weight excluding hydrogens is 390 g/mol. The van der Waals surface area contributed by atoms with E-state index in [-0.39, 0.29) is 0 Å². The zero-order valence-electron chi connectivity index (χ0n) is 13.0. The van der Waals surface area contributed by atoms with Crippen molar-refractivity contribution in [2.45, 2.75) is 20.8 Å². The third kappa shape index (κ3) is 4.34. The first-order chi connectivity index (χ1) is 10.6. The van der Waals surface area contributed by atoms with Crippen LogP contribution in [0.4, 0.5) is 0 Å². The summed E-state index contributed by atoms with van der Waals surface area (Å²) < 4.78 is 0. The van der Waals surface area contributed by atoms with Gasteiger partial charge in [-0.05, 0) is 35.1 Å². The van der Waals surface area contributed by atoms with Crippen LogP contribution in [0.15, 0.2) is 48.0 Å². The Labute approximate surface area is 152 Å². The van der Waals surface area contributed by atoms with E-state index in [0.717, 1.165) is 0 Å². The van der Waals surface area contributed by atoms with Crippen LogP contribution >= 0.6 is 17.0 Å². The average molecular weight is 409 g/mol. The molecule has 2 aromatic carbocycles. The van der Waals surface area contributed by atoms with Gasteiger partial charge in [-0.25, -0.2) is 0 Å². The molecule has 1 aliphatic carbocycles. The fraction of sp³-hybridized carbons (Fsp3) is 0.211. The molecule has 0 atom stereocenters. The first-order valence-electron chi connectivity index (χ1n) is 7.29. The van der Waals surface area contributed by atoms with Gasteiger partial charge in [-0.1, -0.05) is 73.5 Å². The molecule has 2 aromatic rings. The van der Waals surface area contributed by atoms with Crippen LogP contribution in [-0.4, -0.2) is 0 Å². The van der Waals surface area contributed by atoms with Crippen LogP contribution in [0.3, 0.4) is 0 Å². The van der Waals surface area contributed by atoms with Crippen LogP contribution < -0.4 is 0 Å². The second-order valence-corrected chi connectivity index (χ2v) is 9.42. The third-order valence-corrected chi connectivity index (χ3v) is 3.80. The van der Waals surface area contributed by atoms with Gasteiger partial charge in [0.1, 0.15) is 0 Å². The van der Waals surface area contributed by atoms with Crippen LogP contribution in [-0.2, 0) is 20.8 Å². The summed E-state index contributed by atoms with van der Waals surface area (Å²) in [4.78, 5) is 0. The van der Waals surface area contributed by atoms with E-state index in [1.807, 2.05) is 0 Å². The summed E-state index contributed by atoms with van der Waals surface area (Å²) in [5, 5.41) is 0. The molecule has 0 saturated carbocycles. The first kappa shape index (κ1) is 18.0. The predicted octanol–water partition coefficient (Wildman–Crippen LogP) is 6.64. The molecule has 3 heteroatoms. The number of rotatable bonds is 2. The van der Waals surface area contributed by atoms with Crippen molar-refractivity contribution in [3.8, 4) is 11.1 Å². The van der Waals surface area contributed by atoms with Crippen LogP contribution in [0.25, 0.3) is 17.2 Å². The second-order valence-electron chi connectivity index (χ2n) is 5.69. The van der Waals surface area contributed by atoms with Crippen molar-refractivity contribution in [3.63, 3.8) is 0 Å². The van der Waals surface area contributed by atoms with Crippen molar-refractivity contribution in [2.75, 3.05) is 0 Å². The molecule has 0 bridgehead atoms. The Balaban J connectivity index is 0.000000545. The van der Waals surface area contributed by atoms with Gasteiger partial charge in [0.05, 0.1) is 0 Å². The number of hydrogen-bond acceptors (Lipinski definition) is 0. The van der Waals surface area contributed by atoms with E-state index in [2.05, 4.69) is 75.7 Å². The van der Waals surface area contributed by atoms with Crippen LogP contribution in [0, 0.1) is 19.3 Å². The molecule has 0 N–H and O–H groups in total. The Morgan fingerprint density at radius 2 is 1.59 bits per heavy atom. The zero-order valence-corrected chi connectivity index (χ0v) is 17.0. The summed E-state index contributed by atoms with van der Waals surface area (Å²) in [5.74, 6) is 0.582. The fourth-order valence-electron chi connectivity index (χ4n) is 2.58. The molecule has 3 rings (SSSR count). The molecule has 0 heterocycles. The summed E-state index contributed by atoms with van der Waals surface area (Å²) in [7, 11) is 9.87. The van der Waals surface area contributed by atoms with E-state index in [1.165, 1.54) is 33.4 Å². The first-order valence-corrected chi connectivity index (χ1v) is 13.6. The number of halogens is 2. The van der Waals surface area contributed by atoms with Crippen molar-refractivity contribution >= 4 is 23.1 Å². The van der Waals surface area contributed by atoms with Crippen molar-refractivity contribution < 1.29 is 20.8 Å². The number of allylic oxidation sites excluding steroid dienone is 1. The van der Waals surface area contributed by atoms with Crippen molar-refractivity contribution in [3.05, 3.63) is 71.1 Å². The van der Waals surface area contributed by atoms with Gasteiger partial charge >= 0.3 is 37.9 Å². The van der Waals surface area contributed by atoms with E-state index in [4.69, 9.17) is 17.0 Å². The molecule has 0 fully saturated rings. The molecule has 113 valence electrons. The number of hydrogen-bond donors (Lipinski definition) is 0. The maximum absolute atomic E-state index is 4.93. The zero-order chi connectivity index (χ0) is 16.1. The minimum atomic E-state index is -0.826. The Hall–Kier alpha value is -0.357. The second kappa shape index (κ2) is 8.48. The summed E-state index contributed by atoms with van der Waals surface area (Å²) in [5.41, 5.74) is 8.09. The molecular formula is C19H19Cl2Zr. The maximum atomic E-state index is 4.93. The summed E-state index contributed by atoms with van der Waals surface area (Å²) in [6.45, 7) is 6.63. The Bertz CT molecular complexity index is 658. The topological polar surface area (TPSA) is 0 Å². The van der Waals surface area contributed by atoms with Crippen LogP contribution in [0.2, 0.25) is 0 Å². The number of aryl methyl sites for hydroxylation is 1. The molecule has 22 heavy (non-hydrogen) atoms. The van der Waals surface area contributed by atoms with Crippen molar-refractivity contribution in [1.29, 1.82) is 0 Å². The van der Waals surface area contributed by atoms with E-state index in [1.54, 1.807) is 0 Å². The van der Waals surface area contributed by atoms with Gasteiger partial charge in [0.2, 0.25) is 0 Å². The van der Waals surface area contributed by atoms with E-state index >= 15 is 0 Å². The van der Waals surface area contributed by atoms with Gasteiger partial charge < -0.3 is 0 Å². The van der Waals surface area contributed by atoms with Gasteiger partial charge in [0.15, 0.2) is 0 Å². The summed E-state index contributed by atoms with van der Waals surface area (Å²) >= 11 is -0.826. The van der Waals surface area contributed by atoms with Crippen molar-refractivity contribution in [1.82, 2.24) is 0 Å². The quantitative estimate of drug-likeness (QED) is 0.521. The predicted molar refractivity (Wildman–Crippen MR) is 94.5 cm³/mol. The normalized spacial score (nSPS) is 12.4. The molecule has 0 spiro atoms. The van der Waals surface area contributed by atoms with Crippen molar-refractivity contribution in [2.24, 2.45) is 5.92 Å². The van der Waals surface area contributed by atoms with E-state index in [9.17, 15) is 0 Å². The standard InChI is InChI=1S/C19H19.2ClH.Zr/c1-13(2)17-11-16-5-4-6-18(19(16)12-17)15-9-7-14(3)8-10-15;;;/h4-13H,1-3H3;2*1H;/q;;;+2/p-2. The van der Waals surface area contributed by atoms with Crippen LogP contribution in [0.5, 0.6) is 0 Å². The Morgan fingerprint density at radius 1 is 0.955 bits per heavy atom. The molecule has 0 aliphatic heterocycles. The summed E-state index contributed by atoms with van der Waals surface area (Å²) in [6, 6.07) is 15.4. The van der Waals surface area contributed by atoms with Gasteiger partial charge in [-0.2, -0.15) is 0 Å². The Kier molecular flexibility index (Phi) is 6.94. The average Bonchev–Trinajstić information content (AvgIpc) is 2.93. The fourth-order valence-corrected chi connectivity index (χ4v) is 2.58. The molecule has 0 unspecified atom stereocenters. The summed E-state index contributed by atoms with van der Waals surface area (Å²) in [6.07, 6.45) is 4.66. The van der Waals surface area contributed by atoms with Gasteiger partial charge in [0, 0.05) is 6.42 Å². The number of fused-ring (bicyclic) bond motifs is 1. The van der Waals surface area contributed by atoms with E-state index < -0.39 is 20.8 Å². The minimum absolute atomic E-state index is 0.582. The third-order valence-electron chi connectivity index (χ3n) is 3.80. The van der Waals surface area contributed by atoms with Crippen LogP contribution in [0.1, 0.15) is 30.5 Å². The molecule has 0 saturated heterocycles. The molecule has 1 radical (unpaired) electrons. The molecule has 1 aliphatic rings.